The fourth-order valence-corrected chi connectivity index (χ4v) is 2.73. The minimum Gasteiger partial charge on any atom is -0.353 e. The van der Waals surface area contributed by atoms with Gasteiger partial charge in [0.2, 0.25) is 5.95 Å². The second-order valence-corrected chi connectivity index (χ2v) is 5.34. The first-order valence-corrected chi connectivity index (χ1v) is 7.03. The topological polar surface area (TPSA) is 67.1 Å². The number of rotatable bonds is 5. The SMILES string of the molecule is CCCN(c1nc(NN)nc2sccc12)C(C)C. The predicted octanol–water partition coefficient (Wildman–Crippen LogP) is 2.60. The maximum absolute atomic E-state index is 5.44. The molecule has 0 amide bonds. The van der Waals surface area contributed by atoms with Gasteiger partial charge >= 0.3 is 0 Å². The maximum Gasteiger partial charge on any atom is 0.240 e. The summed E-state index contributed by atoms with van der Waals surface area (Å²) >= 11 is 1.60. The lowest BCUT2D eigenvalue weighted by molar-refractivity contribution is 0.664. The minimum absolute atomic E-state index is 0.397. The Hall–Kier alpha value is -1.40. The van der Waals surface area contributed by atoms with Crippen molar-refractivity contribution in [2.45, 2.75) is 33.2 Å². The summed E-state index contributed by atoms with van der Waals surface area (Å²) in [7, 11) is 0. The van der Waals surface area contributed by atoms with E-state index in [0.29, 0.717) is 12.0 Å². The molecule has 0 unspecified atom stereocenters. The van der Waals surface area contributed by atoms with Gasteiger partial charge in [0.1, 0.15) is 10.6 Å². The number of fused-ring (bicyclic) bond motifs is 1. The van der Waals surface area contributed by atoms with E-state index in [9.17, 15) is 0 Å². The number of nitrogens with zero attached hydrogens (tertiary/aromatic N) is 3. The molecular weight excluding hydrogens is 246 g/mol. The molecule has 3 N–H and O–H groups in total. The van der Waals surface area contributed by atoms with Crippen LogP contribution >= 0.6 is 11.3 Å². The van der Waals surface area contributed by atoms with E-state index in [1.54, 1.807) is 11.3 Å². The molecular formula is C12H19N5S. The van der Waals surface area contributed by atoms with Crippen molar-refractivity contribution in [3.63, 3.8) is 0 Å². The molecule has 0 aliphatic rings. The molecule has 2 aromatic rings. The van der Waals surface area contributed by atoms with E-state index in [2.05, 4.69) is 47.1 Å². The van der Waals surface area contributed by atoms with Crippen LogP contribution in [0.5, 0.6) is 0 Å². The molecule has 0 saturated carbocycles. The zero-order valence-corrected chi connectivity index (χ0v) is 11.8. The maximum atomic E-state index is 5.44. The van der Waals surface area contributed by atoms with Crippen LogP contribution in [0.2, 0.25) is 0 Å². The van der Waals surface area contributed by atoms with Gasteiger partial charge in [0.25, 0.3) is 0 Å². The number of nitrogen functional groups attached to an aromatic ring is 1. The van der Waals surface area contributed by atoms with Gasteiger partial charge in [-0.2, -0.15) is 4.98 Å². The van der Waals surface area contributed by atoms with Crippen LogP contribution in [0.3, 0.4) is 0 Å². The van der Waals surface area contributed by atoms with Crippen LogP contribution in [0.4, 0.5) is 11.8 Å². The number of nitrogens with two attached hydrogens (primary N) is 1. The Kier molecular flexibility index (Phi) is 3.98. The summed E-state index contributed by atoms with van der Waals surface area (Å²) in [6.07, 6.45) is 1.08. The average molecular weight is 265 g/mol. The summed E-state index contributed by atoms with van der Waals surface area (Å²) in [6.45, 7) is 7.49. The first kappa shape index (κ1) is 13.0. The third-order valence-corrected chi connectivity index (χ3v) is 3.60. The van der Waals surface area contributed by atoms with Crippen LogP contribution in [0.1, 0.15) is 27.2 Å². The van der Waals surface area contributed by atoms with Crippen molar-refractivity contribution in [3.05, 3.63) is 11.4 Å². The fraction of sp³-hybridized carbons (Fsp3) is 0.500. The summed E-state index contributed by atoms with van der Waals surface area (Å²) < 4.78 is 0. The lowest BCUT2D eigenvalue weighted by Gasteiger charge is -2.28. The molecule has 0 spiro atoms. The molecule has 0 aliphatic heterocycles. The third-order valence-electron chi connectivity index (χ3n) is 2.79. The Bertz CT molecular complexity index is 522. The number of hydrogen-bond acceptors (Lipinski definition) is 6. The van der Waals surface area contributed by atoms with Gasteiger partial charge in [-0.3, -0.25) is 5.43 Å². The van der Waals surface area contributed by atoms with Gasteiger partial charge in [0, 0.05) is 12.6 Å². The Labute approximate surface area is 111 Å². The number of anilines is 2. The Morgan fingerprint density at radius 2 is 2.22 bits per heavy atom. The number of hydrazine groups is 1. The van der Waals surface area contributed by atoms with Gasteiger partial charge in [-0.1, -0.05) is 6.92 Å². The van der Waals surface area contributed by atoms with E-state index < -0.39 is 0 Å². The van der Waals surface area contributed by atoms with Gasteiger partial charge in [0.15, 0.2) is 0 Å². The normalized spacial score (nSPS) is 11.2. The van der Waals surface area contributed by atoms with Crippen molar-refractivity contribution in [1.82, 2.24) is 9.97 Å². The van der Waals surface area contributed by atoms with Crippen molar-refractivity contribution in [1.29, 1.82) is 0 Å². The number of thiophene rings is 1. The monoisotopic (exact) mass is 265 g/mol. The molecule has 0 radical (unpaired) electrons. The van der Waals surface area contributed by atoms with Crippen LogP contribution in [-0.2, 0) is 0 Å². The summed E-state index contributed by atoms with van der Waals surface area (Å²) in [5.74, 6) is 6.88. The average Bonchev–Trinajstić information content (AvgIpc) is 2.82. The zero-order valence-electron chi connectivity index (χ0n) is 11.0. The predicted molar refractivity (Wildman–Crippen MR) is 78.0 cm³/mol. The molecule has 0 aromatic carbocycles. The summed E-state index contributed by atoms with van der Waals surface area (Å²) in [6, 6.07) is 2.47. The molecule has 2 aromatic heterocycles. The number of hydrogen-bond donors (Lipinski definition) is 2. The standard InChI is InChI=1S/C12H19N5S/c1-4-6-17(8(2)3)10-9-5-7-18-11(9)15-12(14-10)16-13/h5,7-8H,4,6,13H2,1-3H3,(H,14,15,16). The molecule has 0 fully saturated rings. The van der Waals surface area contributed by atoms with Crippen molar-refractivity contribution in [3.8, 4) is 0 Å². The van der Waals surface area contributed by atoms with E-state index >= 15 is 0 Å². The van der Waals surface area contributed by atoms with Crippen LogP contribution in [0.25, 0.3) is 10.2 Å². The van der Waals surface area contributed by atoms with E-state index in [1.807, 2.05) is 5.38 Å². The molecule has 0 aliphatic carbocycles. The van der Waals surface area contributed by atoms with Gasteiger partial charge in [-0.25, -0.2) is 10.8 Å². The molecule has 0 saturated heterocycles. The summed E-state index contributed by atoms with van der Waals surface area (Å²) in [5, 5.41) is 3.13. The summed E-state index contributed by atoms with van der Waals surface area (Å²) in [4.78, 5) is 12.1. The molecule has 6 heteroatoms. The van der Waals surface area contributed by atoms with Gasteiger partial charge in [-0.15, -0.1) is 11.3 Å². The Balaban J connectivity index is 2.55. The second kappa shape index (κ2) is 5.49. The highest BCUT2D eigenvalue weighted by atomic mass is 32.1. The van der Waals surface area contributed by atoms with Crippen molar-refractivity contribution < 1.29 is 0 Å². The van der Waals surface area contributed by atoms with Crippen LogP contribution in [0.15, 0.2) is 11.4 Å². The van der Waals surface area contributed by atoms with E-state index in [4.69, 9.17) is 5.84 Å². The highest BCUT2D eigenvalue weighted by Crippen LogP contribution is 2.30. The quantitative estimate of drug-likeness (QED) is 0.642. The van der Waals surface area contributed by atoms with E-state index in [-0.39, 0.29) is 0 Å². The first-order valence-electron chi connectivity index (χ1n) is 6.15. The Morgan fingerprint density at radius 1 is 1.44 bits per heavy atom. The van der Waals surface area contributed by atoms with Crippen molar-refractivity contribution in [2.24, 2.45) is 5.84 Å². The Morgan fingerprint density at radius 3 is 2.83 bits per heavy atom. The number of nitrogens with one attached hydrogen (secondary N) is 1. The van der Waals surface area contributed by atoms with Crippen LogP contribution in [-0.4, -0.2) is 22.6 Å². The number of aromatic nitrogens is 2. The van der Waals surface area contributed by atoms with Gasteiger partial charge in [-0.05, 0) is 31.7 Å². The lowest BCUT2D eigenvalue weighted by atomic mass is 10.2. The van der Waals surface area contributed by atoms with Gasteiger partial charge in [0.05, 0.1) is 5.39 Å². The van der Waals surface area contributed by atoms with Crippen molar-refractivity contribution in [2.75, 3.05) is 16.9 Å². The van der Waals surface area contributed by atoms with Gasteiger partial charge < -0.3 is 4.90 Å². The zero-order chi connectivity index (χ0) is 13.1. The highest BCUT2D eigenvalue weighted by Gasteiger charge is 2.17. The molecule has 0 atom stereocenters. The first-order chi connectivity index (χ1) is 8.67. The lowest BCUT2D eigenvalue weighted by Crippen LogP contribution is -2.32. The van der Waals surface area contributed by atoms with Crippen LogP contribution in [0, 0.1) is 0 Å². The molecule has 98 valence electrons. The molecule has 2 rings (SSSR count). The molecule has 5 nitrogen and oxygen atoms in total. The molecule has 18 heavy (non-hydrogen) atoms. The van der Waals surface area contributed by atoms with Crippen molar-refractivity contribution >= 4 is 33.3 Å². The highest BCUT2D eigenvalue weighted by molar-refractivity contribution is 7.16. The van der Waals surface area contributed by atoms with E-state index in [0.717, 1.165) is 29.0 Å². The molecule has 0 bridgehead atoms. The fourth-order valence-electron chi connectivity index (χ4n) is 1.97. The minimum atomic E-state index is 0.397. The van der Waals surface area contributed by atoms with Crippen LogP contribution < -0.4 is 16.2 Å². The third kappa shape index (κ3) is 2.39. The smallest absolute Gasteiger partial charge is 0.240 e. The summed E-state index contributed by atoms with van der Waals surface area (Å²) in [5.41, 5.74) is 2.54. The molecule has 2 heterocycles. The largest absolute Gasteiger partial charge is 0.353 e. The second-order valence-electron chi connectivity index (χ2n) is 4.44. The van der Waals surface area contributed by atoms with E-state index in [1.165, 1.54) is 0 Å².